The van der Waals surface area contributed by atoms with Gasteiger partial charge in [0, 0.05) is 24.0 Å². The average Bonchev–Trinajstić information content (AvgIpc) is 3.16. The van der Waals surface area contributed by atoms with Gasteiger partial charge in [-0.2, -0.15) is 0 Å². The van der Waals surface area contributed by atoms with Crippen LogP contribution >= 0.6 is 19.6 Å². The number of phosphoric ester groups is 1. The van der Waals surface area contributed by atoms with Crippen LogP contribution in [-0.4, -0.2) is 77.5 Å². The van der Waals surface area contributed by atoms with E-state index >= 15 is 0 Å². The Bertz CT molecular complexity index is 611. The molecule has 0 aromatic heterocycles. The van der Waals surface area contributed by atoms with E-state index in [1.807, 2.05) is 34.6 Å². The Labute approximate surface area is 182 Å². The van der Waals surface area contributed by atoms with Gasteiger partial charge in [0.05, 0.1) is 38.1 Å². The van der Waals surface area contributed by atoms with Crippen LogP contribution in [0.15, 0.2) is 0 Å². The van der Waals surface area contributed by atoms with Crippen molar-refractivity contribution in [2.45, 2.75) is 84.1 Å². The normalized spacial score (nSPS) is 34.2. The number of hydrogen-bond acceptors (Lipinski definition) is 10. The third kappa shape index (κ3) is 7.83. The van der Waals surface area contributed by atoms with Crippen LogP contribution in [-0.2, 0) is 32.4 Å². The lowest BCUT2D eigenvalue weighted by molar-refractivity contribution is -0.117. The van der Waals surface area contributed by atoms with Crippen LogP contribution in [0.5, 0.6) is 0 Å². The van der Waals surface area contributed by atoms with E-state index in [9.17, 15) is 19.6 Å². The third-order valence-corrected chi connectivity index (χ3v) is 7.55. The van der Waals surface area contributed by atoms with Gasteiger partial charge in [0.15, 0.2) is 5.12 Å². The molecule has 0 aromatic rings. The lowest BCUT2D eigenvalue weighted by atomic mass is 10.00. The van der Waals surface area contributed by atoms with Gasteiger partial charge in [-0.1, -0.05) is 32.5 Å². The standard InChI is InChI=1S/C19H35O9PS/c1-12-8-14(21)17(27-12)11-25-29(23,24-6-7-30-18(22)19(3,4)5)28-15-9-13(2)26-16(15)10-20/h12-17,20-21H,6-11H2,1-5H3/t12-,13-,14?,15?,16+,17+,29-/m0/s1. The van der Waals surface area contributed by atoms with Crippen LogP contribution in [0.3, 0.4) is 0 Å². The molecule has 11 heteroatoms. The molecule has 0 radical (unpaired) electrons. The second-order valence-corrected chi connectivity index (χ2v) is 11.5. The fraction of sp³-hybridized carbons (Fsp3) is 0.947. The number of rotatable bonds is 10. The summed E-state index contributed by atoms with van der Waals surface area (Å²) in [6, 6.07) is 0. The number of hydrogen-bond donors (Lipinski definition) is 2. The molecule has 0 aromatic carbocycles. The summed E-state index contributed by atoms with van der Waals surface area (Å²) < 4.78 is 41.0. The molecule has 2 rings (SSSR count). The highest BCUT2D eigenvalue weighted by molar-refractivity contribution is 8.13. The molecule has 2 heterocycles. The van der Waals surface area contributed by atoms with Crippen molar-refractivity contribution in [1.82, 2.24) is 0 Å². The number of thioether (sulfide) groups is 1. The maximum atomic E-state index is 13.3. The first-order valence-corrected chi connectivity index (χ1v) is 12.7. The Morgan fingerprint density at radius 1 is 1.13 bits per heavy atom. The Morgan fingerprint density at radius 3 is 2.33 bits per heavy atom. The van der Waals surface area contributed by atoms with Crippen molar-refractivity contribution in [3.05, 3.63) is 0 Å². The fourth-order valence-corrected chi connectivity index (χ4v) is 5.51. The van der Waals surface area contributed by atoms with Gasteiger partial charge in [0.2, 0.25) is 0 Å². The van der Waals surface area contributed by atoms with E-state index in [-0.39, 0.29) is 42.9 Å². The van der Waals surface area contributed by atoms with E-state index in [4.69, 9.17) is 23.0 Å². The minimum Gasteiger partial charge on any atom is -0.394 e. The fourth-order valence-electron chi connectivity index (χ4n) is 3.21. The molecule has 0 spiro atoms. The molecule has 2 saturated heterocycles. The van der Waals surface area contributed by atoms with Crippen molar-refractivity contribution in [3.8, 4) is 0 Å². The van der Waals surface area contributed by atoms with Crippen LogP contribution in [0.1, 0.15) is 47.5 Å². The van der Waals surface area contributed by atoms with Gasteiger partial charge in [-0.15, -0.1) is 0 Å². The highest BCUT2D eigenvalue weighted by Crippen LogP contribution is 2.53. The van der Waals surface area contributed by atoms with E-state index in [0.29, 0.717) is 12.8 Å². The average molecular weight is 471 g/mol. The van der Waals surface area contributed by atoms with Crippen LogP contribution < -0.4 is 0 Å². The summed E-state index contributed by atoms with van der Waals surface area (Å²) >= 11 is 1.09. The number of aliphatic hydroxyl groups excluding tert-OH is 2. The Kier molecular flexibility index (Phi) is 9.80. The van der Waals surface area contributed by atoms with E-state index in [1.54, 1.807) is 0 Å². The second-order valence-electron chi connectivity index (χ2n) is 8.80. The lowest BCUT2D eigenvalue weighted by Gasteiger charge is -2.25. The quantitative estimate of drug-likeness (QED) is 0.364. The van der Waals surface area contributed by atoms with E-state index in [2.05, 4.69) is 0 Å². The Morgan fingerprint density at radius 2 is 1.77 bits per heavy atom. The van der Waals surface area contributed by atoms with E-state index in [1.165, 1.54) is 0 Å². The number of carbonyl (C=O) groups excluding carboxylic acids is 1. The van der Waals surface area contributed by atoms with Crippen LogP contribution in [0, 0.1) is 5.41 Å². The highest BCUT2D eigenvalue weighted by atomic mass is 32.2. The summed E-state index contributed by atoms with van der Waals surface area (Å²) in [5, 5.41) is 19.5. The molecular weight excluding hydrogens is 435 g/mol. The molecule has 7 atom stereocenters. The molecule has 30 heavy (non-hydrogen) atoms. The first-order chi connectivity index (χ1) is 13.9. The Balaban J connectivity index is 1.96. The maximum Gasteiger partial charge on any atom is 0.475 e. The second kappa shape index (κ2) is 11.2. The summed E-state index contributed by atoms with van der Waals surface area (Å²) in [6.45, 7) is 8.66. The molecule has 0 amide bonds. The van der Waals surface area contributed by atoms with E-state index in [0.717, 1.165) is 11.8 Å². The molecule has 176 valence electrons. The number of ether oxygens (including phenoxy) is 2. The van der Waals surface area contributed by atoms with Gasteiger partial charge in [-0.3, -0.25) is 18.4 Å². The topological polar surface area (TPSA) is 121 Å². The maximum absolute atomic E-state index is 13.3. The van der Waals surface area contributed by atoms with Crippen molar-refractivity contribution in [3.63, 3.8) is 0 Å². The van der Waals surface area contributed by atoms with Crippen molar-refractivity contribution in [2.75, 3.05) is 25.6 Å². The summed E-state index contributed by atoms with van der Waals surface area (Å²) in [5.41, 5.74) is -0.486. The summed E-state index contributed by atoms with van der Waals surface area (Å²) in [5.74, 6) is 0.285. The molecular formula is C19H35O9PS. The molecule has 2 aliphatic rings. The van der Waals surface area contributed by atoms with Gasteiger partial charge in [-0.25, -0.2) is 4.57 Å². The monoisotopic (exact) mass is 470 g/mol. The van der Waals surface area contributed by atoms with Crippen LogP contribution in [0.2, 0.25) is 0 Å². The molecule has 2 unspecified atom stereocenters. The highest BCUT2D eigenvalue weighted by Gasteiger charge is 2.42. The predicted molar refractivity (Wildman–Crippen MR) is 112 cm³/mol. The molecule has 0 bridgehead atoms. The van der Waals surface area contributed by atoms with Crippen LogP contribution in [0.25, 0.3) is 0 Å². The van der Waals surface area contributed by atoms with Crippen molar-refractivity contribution in [1.29, 1.82) is 0 Å². The zero-order valence-electron chi connectivity index (χ0n) is 18.3. The SMILES string of the molecule is C[C@H]1CC(O)[C@@H](CO[P@](=O)(OCCSC(=O)C(C)(C)C)OC2C[C@H](C)O[C@@H]2CO)O1. The predicted octanol–water partition coefficient (Wildman–Crippen LogP) is 2.53. The van der Waals surface area contributed by atoms with Crippen LogP contribution in [0.4, 0.5) is 0 Å². The number of phosphoric acid groups is 1. The molecule has 2 N–H and O–H groups in total. The van der Waals surface area contributed by atoms with Gasteiger partial charge >= 0.3 is 7.82 Å². The van der Waals surface area contributed by atoms with E-state index < -0.39 is 37.7 Å². The lowest BCUT2D eigenvalue weighted by Crippen LogP contribution is -2.29. The Hall–Kier alpha value is -0.0300. The first-order valence-electron chi connectivity index (χ1n) is 10.3. The molecule has 9 nitrogen and oxygen atoms in total. The number of carbonyl (C=O) groups is 1. The summed E-state index contributed by atoms with van der Waals surface area (Å²) in [6.07, 6.45) is -2.05. The van der Waals surface area contributed by atoms with Gasteiger partial charge < -0.3 is 19.7 Å². The summed E-state index contributed by atoms with van der Waals surface area (Å²) in [7, 11) is -4.05. The number of aliphatic hydroxyl groups is 2. The van der Waals surface area contributed by atoms with Gasteiger partial charge in [0.25, 0.3) is 0 Å². The smallest absolute Gasteiger partial charge is 0.394 e. The zero-order chi connectivity index (χ0) is 22.5. The molecule has 0 saturated carbocycles. The van der Waals surface area contributed by atoms with Gasteiger partial charge in [0.1, 0.15) is 18.3 Å². The first kappa shape index (κ1) is 26.2. The minimum absolute atomic E-state index is 0.00223. The van der Waals surface area contributed by atoms with Crippen molar-refractivity contribution >= 4 is 24.7 Å². The molecule has 2 fully saturated rings. The molecule has 2 aliphatic heterocycles. The minimum atomic E-state index is -4.05. The van der Waals surface area contributed by atoms with Crippen molar-refractivity contribution < 1.29 is 42.6 Å². The largest absolute Gasteiger partial charge is 0.475 e. The van der Waals surface area contributed by atoms with Gasteiger partial charge in [-0.05, 0) is 13.8 Å². The summed E-state index contributed by atoms with van der Waals surface area (Å²) in [4.78, 5) is 12.0. The third-order valence-electron chi connectivity index (χ3n) is 4.82. The zero-order valence-corrected chi connectivity index (χ0v) is 20.0. The molecule has 0 aliphatic carbocycles. The van der Waals surface area contributed by atoms with Crippen molar-refractivity contribution in [2.24, 2.45) is 5.41 Å².